The summed E-state index contributed by atoms with van der Waals surface area (Å²) >= 11 is 0. The van der Waals surface area contributed by atoms with E-state index >= 15 is 0 Å². The van der Waals surface area contributed by atoms with Crippen molar-refractivity contribution in [2.24, 2.45) is 0 Å². The van der Waals surface area contributed by atoms with Gasteiger partial charge in [0.05, 0.1) is 24.1 Å². The molecule has 0 bridgehead atoms. The van der Waals surface area contributed by atoms with Crippen LogP contribution in [0.2, 0.25) is 0 Å². The molecule has 3 N–H and O–H groups in total. The molecule has 1 aliphatic rings. The van der Waals surface area contributed by atoms with E-state index in [0.717, 1.165) is 31.7 Å². The van der Waals surface area contributed by atoms with Crippen molar-refractivity contribution in [2.45, 2.75) is 18.9 Å². The molecule has 1 aromatic carbocycles. The summed E-state index contributed by atoms with van der Waals surface area (Å²) in [6.45, 7) is 2.62. The number of nitrogens with two attached hydrogens (primary N) is 1. The Morgan fingerprint density at radius 1 is 1.25 bits per heavy atom. The zero-order valence-corrected chi connectivity index (χ0v) is 16.4. The molecule has 0 spiro atoms. The molecule has 1 aromatic heterocycles. The van der Waals surface area contributed by atoms with Gasteiger partial charge in [0.2, 0.25) is 0 Å². The highest BCUT2D eigenvalue weighted by Crippen LogP contribution is 2.24. The van der Waals surface area contributed by atoms with Gasteiger partial charge in [-0.1, -0.05) is 0 Å². The van der Waals surface area contributed by atoms with Gasteiger partial charge in [-0.05, 0) is 31.0 Å². The average molecular weight is 385 g/mol. The molecule has 8 nitrogen and oxygen atoms in total. The maximum absolute atomic E-state index is 8.61. The molecule has 3 rings (SSSR count). The van der Waals surface area contributed by atoms with E-state index < -0.39 is 0 Å². The van der Waals surface area contributed by atoms with Crippen LogP contribution in [0.5, 0.6) is 5.75 Å². The zero-order chi connectivity index (χ0) is 19.9. The number of nitrogen functional groups attached to an aromatic ring is 1. The van der Waals surface area contributed by atoms with E-state index in [4.69, 9.17) is 25.4 Å². The number of benzene rings is 1. The van der Waals surface area contributed by atoms with Crippen molar-refractivity contribution in [3.63, 3.8) is 0 Å². The molecule has 2 aromatic rings. The number of rotatable bonds is 8. The molecular formula is C20H27N5O3. The van der Waals surface area contributed by atoms with E-state index in [1.807, 2.05) is 6.07 Å². The fourth-order valence-electron chi connectivity index (χ4n) is 3.22. The number of ether oxygens (including phenoxy) is 3. The maximum Gasteiger partial charge on any atom is 0.132 e. The number of nitrogens with one attached hydrogen (secondary N) is 1. The third-order valence-electron chi connectivity index (χ3n) is 4.79. The van der Waals surface area contributed by atoms with E-state index in [9.17, 15) is 0 Å². The highest BCUT2D eigenvalue weighted by atomic mass is 16.5. The van der Waals surface area contributed by atoms with Crippen LogP contribution in [0.1, 0.15) is 24.1 Å². The number of hydrogen-bond acceptors (Lipinski definition) is 8. The third-order valence-corrected chi connectivity index (χ3v) is 4.79. The lowest BCUT2D eigenvalue weighted by atomic mass is 10.0. The number of aromatic nitrogens is 2. The van der Waals surface area contributed by atoms with Crippen molar-refractivity contribution >= 4 is 17.2 Å². The molecular weight excluding hydrogens is 358 g/mol. The second kappa shape index (κ2) is 9.48. The Hall–Kier alpha value is -2.71. The van der Waals surface area contributed by atoms with Crippen LogP contribution in [0, 0.1) is 5.41 Å². The van der Waals surface area contributed by atoms with Gasteiger partial charge < -0.3 is 24.8 Å². The van der Waals surface area contributed by atoms with Gasteiger partial charge in [-0.3, -0.25) is 5.41 Å². The summed E-state index contributed by atoms with van der Waals surface area (Å²) in [5.74, 6) is 1.43. The van der Waals surface area contributed by atoms with Gasteiger partial charge in [-0.2, -0.15) is 0 Å². The SMILES string of the molecule is COCCOc1ccc(N)c(C(=N)c2cc(N3CCCC(OC)C3)ncn2)c1. The van der Waals surface area contributed by atoms with Crippen LogP contribution >= 0.6 is 0 Å². The standard InChI is InChI=1S/C20H27N5O3/c1-26-8-9-28-14-5-6-17(21)16(10-14)20(22)18-11-19(24-13-23-18)25-7-3-4-15(12-25)27-2/h5-6,10-11,13,15,22H,3-4,7-9,12,21H2,1-2H3. The van der Waals surface area contributed by atoms with Gasteiger partial charge in [-0.15, -0.1) is 0 Å². The van der Waals surface area contributed by atoms with Crippen molar-refractivity contribution in [3.05, 3.63) is 41.9 Å². The van der Waals surface area contributed by atoms with E-state index in [1.54, 1.807) is 32.4 Å². The lowest BCUT2D eigenvalue weighted by Gasteiger charge is -2.32. The summed E-state index contributed by atoms with van der Waals surface area (Å²) in [6.07, 6.45) is 3.78. The maximum atomic E-state index is 8.61. The number of piperidine rings is 1. The minimum atomic E-state index is 0.197. The molecule has 1 aliphatic heterocycles. The Morgan fingerprint density at radius 3 is 2.89 bits per heavy atom. The van der Waals surface area contributed by atoms with Crippen LogP contribution in [-0.2, 0) is 9.47 Å². The predicted octanol–water partition coefficient (Wildman–Crippen LogP) is 2.12. The molecule has 0 aliphatic carbocycles. The molecule has 1 saturated heterocycles. The van der Waals surface area contributed by atoms with Gasteiger partial charge in [-0.25, -0.2) is 9.97 Å². The summed E-state index contributed by atoms with van der Waals surface area (Å²) in [7, 11) is 3.36. The molecule has 0 saturated carbocycles. The lowest BCUT2D eigenvalue weighted by Crippen LogP contribution is -2.39. The number of nitrogens with zero attached hydrogens (tertiary/aromatic N) is 3. The van der Waals surface area contributed by atoms with E-state index in [0.29, 0.717) is 35.9 Å². The molecule has 1 atom stereocenters. The smallest absolute Gasteiger partial charge is 0.132 e. The van der Waals surface area contributed by atoms with Gasteiger partial charge in [0.15, 0.2) is 0 Å². The van der Waals surface area contributed by atoms with Crippen molar-refractivity contribution < 1.29 is 14.2 Å². The van der Waals surface area contributed by atoms with Gasteiger partial charge in [0.25, 0.3) is 0 Å². The van der Waals surface area contributed by atoms with Crippen LogP contribution < -0.4 is 15.4 Å². The Labute approximate surface area is 165 Å². The topological polar surface area (TPSA) is 107 Å². The quantitative estimate of drug-likeness (QED) is 0.407. The molecule has 28 heavy (non-hydrogen) atoms. The Morgan fingerprint density at radius 2 is 2.11 bits per heavy atom. The van der Waals surface area contributed by atoms with Crippen molar-refractivity contribution in [1.82, 2.24) is 9.97 Å². The molecule has 1 unspecified atom stereocenters. The first-order valence-electron chi connectivity index (χ1n) is 9.32. The average Bonchev–Trinajstić information content (AvgIpc) is 2.74. The molecule has 150 valence electrons. The normalized spacial score (nSPS) is 16.8. The summed E-state index contributed by atoms with van der Waals surface area (Å²) < 4.78 is 16.1. The molecule has 0 amide bonds. The van der Waals surface area contributed by atoms with E-state index in [1.165, 1.54) is 6.33 Å². The van der Waals surface area contributed by atoms with Crippen LogP contribution in [-0.4, -0.2) is 62.3 Å². The Balaban J connectivity index is 1.80. The second-order valence-corrected chi connectivity index (χ2v) is 6.67. The highest BCUT2D eigenvalue weighted by Gasteiger charge is 2.21. The van der Waals surface area contributed by atoms with Crippen LogP contribution in [0.25, 0.3) is 0 Å². The third kappa shape index (κ3) is 4.76. The number of hydrogen-bond donors (Lipinski definition) is 2. The molecule has 8 heteroatoms. The van der Waals surface area contributed by atoms with Gasteiger partial charge >= 0.3 is 0 Å². The van der Waals surface area contributed by atoms with Crippen molar-refractivity contribution in [2.75, 3.05) is 51.2 Å². The second-order valence-electron chi connectivity index (χ2n) is 6.67. The lowest BCUT2D eigenvalue weighted by molar-refractivity contribution is 0.0891. The van der Waals surface area contributed by atoms with Crippen LogP contribution in [0.4, 0.5) is 11.5 Å². The van der Waals surface area contributed by atoms with Crippen molar-refractivity contribution in [3.8, 4) is 5.75 Å². The highest BCUT2D eigenvalue weighted by molar-refractivity contribution is 6.13. The van der Waals surface area contributed by atoms with Crippen molar-refractivity contribution in [1.29, 1.82) is 5.41 Å². The summed E-state index contributed by atoms with van der Waals surface area (Å²) in [5, 5.41) is 8.61. The summed E-state index contributed by atoms with van der Waals surface area (Å²) in [4.78, 5) is 10.8. The fourth-order valence-corrected chi connectivity index (χ4v) is 3.22. The number of methoxy groups -OCH3 is 2. The molecule has 2 heterocycles. The molecule has 0 radical (unpaired) electrons. The minimum absolute atomic E-state index is 0.197. The first-order chi connectivity index (χ1) is 13.6. The predicted molar refractivity (Wildman–Crippen MR) is 108 cm³/mol. The number of anilines is 2. The van der Waals surface area contributed by atoms with Gasteiger partial charge in [0.1, 0.15) is 24.5 Å². The van der Waals surface area contributed by atoms with Crippen LogP contribution in [0.15, 0.2) is 30.6 Å². The minimum Gasteiger partial charge on any atom is -0.491 e. The summed E-state index contributed by atoms with van der Waals surface area (Å²) in [6, 6.07) is 7.11. The zero-order valence-electron chi connectivity index (χ0n) is 16.4. The first kappa shape index (κ1) is 20.0. The summed E-state index contributed by atoms with van der Waals surface area (Å²) in [5.41, 5.74) is 7.94. The first-order valence-corrected chi connectivity index (χ1v) is 9.32. The van der Waals surface area contributed by atoms with E-state index in [2.05, 4.69) is 14.9 Å². The fraction of sp³-hybridized carbons (Fsp3) is 0.450. The Bertz CT molecular complexity index is 814. The Kier molecular flexibility index (Phi) is 6.78. The van der Waals surface area contributed by atoms with Crippen LogP contribution in [0.3, 0.4) is 0 Å². The largest absolute Gasteiger partial charge is 0.491 e. The van der Waals surface area contributed by atoms with E-state index in [-0.39, 0.29) is 11.8 Å². The molecule has 1 fully saturated rings. The van der Waals surface area contributed by atoms with Gasteiger partial charge in [0, 0.05) is 44.6 Å². The monoisotopic (exact) mass is 385 g/mol.